The molecule has 1 heterocycles. The quantitative estimate of drug-likeness (QED) is 0.895. The number of rotatable bonds is 2. The Morgan fingerprint density at radius 1 is 1.10 bits per heavy atom. The highest BCUT2D eigenvalue weighted by Crippen LogP contribution is 2.43. The van der Waals surface area contributed by atoms with Crippen LogP contribution in [0.4, 0.5) is 0 Å². The molecular formula is C18H28N2. The fourth-order valence-corrected chi connectivity index (χ4v) is 4.11. The first-order valence-corrected chi connectivity index (χ1v) is 8.11. The molecule has 2 aliphatic rings. The number of likely N-dealkylation sites (tertiary alicyclic amines) is 1. The van der Waals surface area contributed by atoms with Crippen molar-refractivity contribution >= 4 is 0 Å². The maximum absolute atomic E-state index is 6.31. The van der Waals surface area contributed by atoms with Gasteiger partial charge in [0.1, 0.15) is 0 Å². The van der Waals surface area contributed by atoms with Crippen molar-refractivity contribution in [2.45, 2.75) is 51.5 Å². The minimum Gasteiger partial charge on any atom is -0.328 e. The molecule has 2 N–H and O–H groups in total. The van der Waals surface area contributed by atoms with Crippen molar-refractivity contribution in [3.8, 4) is 0 Å². The number of fused-ring (bicyclic) bond motifs is 1. The van der Waals surface area contributed by atoms with E-state index in [4.69, 9.17) is 5.73 Å². The summed E-state index contributed by atoms with van der Waals surface area (Å²) in [6.45, 7) is 7.93. The molecule has 110 valence electrons. The third kappa shape index (κ3) is 2.29. The molecule has 0 radical (unpaired) electrons. The molecule has 1 saturated heterocycles. The lowest BCUT2D eigenvalue weighted by Crippen LogP contribution is -2.56. The summed E-state index contributed by atoms with van der Waals surface area (Å²) in [6, 6.07) is 8.97. The van der Waals surface area contributed by atoms with E-state index in [1.54, 1.807) is 0 Å². The molecule has 1 aliphatic carbocycles. The monoisotopic (exact) mass is 272 g/mol. The van der Waals surface area contributed by atoms with Gasteiger partial charge in [-0.15, -0.1) is 0 Å². The van der Waals surface area contributed by atoms with Gasteiger partial charge in [-0.05, 0) is 61.7 Å². The molecule has 0 saturated carbocycles. The number of hydrogen-bond acceptors (Lipinski definition) is 2. The van der Waals surface area contributed by atoms with Crippen LogP contribution >= 0.6 is 0 Å². The maximum Gasteiger partial charge on any atom is 0.0586 e. The largest absolute Gasteiger partial charge is 0.328 e. The first-order valence-electron chi connectivity index (χ1n) is 8.11. The molecule has 1 aromatic rings. The number of benzene rings is 1. The molecule has 0 spiro atoms. The predicted octanol–water partition coefficient (Wildman–Crippen LogP) is 3.30. The van der Waals surface area contributed by atoms with Crippen molar-refractivity contribution in [3.05, 3.63) is 35.4 Å². The van der Waals surface area contributed by atoms with E-state index in [2.05, 4.69) is 43.0 Å². The standard InChI is InChI=1S/C18H28N2/c1-17(2)10-12-20(13-11-17)18(14-19)9-5-7-15-6-3-4-8-16(15)18/h3-4,6,8H,5,7,9-14,19H2,1-2H3. The van der Waals surface area contributed by atoms with Crippen molar-refractivity contribution in [1.29, 1.82) is 0 Å². The zero-order chi connectivity index (χ0) is 14.2. The molecule has 1 fully saturated rings. The van der Waals surface area contributed by atoms with Crippen molar-refractivity contribution in [2.24, 2.45) is 11.1 Å². The molecule has 20 heavy (non-hydrogen) atoms. The van der Waals surface area contributed by atoms with Gasteiger partial charge in [0.05, 0.1) is 5.54 Å². The van der Waals surface area contributed by atoms with Crippen LogP contribution in [0.25, 0.3) is 0 Å². The molecule has 2 heteroatoms. The predicted molar refractivity (Wildman–Crippen MR) is 84.7 cm³/mol. The van der Waals surface area contributed by atoms with Crippen molar-refractivity contribution in [1.82, 2.24) is 4.90 Å². The topological polar surface area (TPSA) is 29.3 Å². The first kappa shape index (κ1) is 14.1. The lowest BCUT2D eigenvalue weighted by molar-refractivity contribution is 0.0188. The zero-order valence-electron chi connectivity index (χ0n) is 13.0. The van der Waals surface area contributed by atoms with Crippen molar-refractivity contribution in [3.63, 3.8) is 0 Å². The maximum atomic E-state index is 6.31. The Kier molecular flexibility index (Phi) is 3.64. The Morgan fingerprint density at radius 3 is 2.50 bits per heavy atom. The summed E-state index contributed by atoms with van der Waals surface area (Å²) >= 11 is 0. The van der Waals surface area contributed by atoms with Gasteiger partial charge in [0.25, 0.3) is 0 Å². The smallest absolute Gasteiger partial charge is 0.0586 e. The highest BCUT2D eigenvalue weighted by atomic mass is 15.2. The van der Waals surface area contributed by atoms with Gasteiger partial charge < -0.3 is 5.73 Å². The van der Waals surface area contributed by atoms with Crippen molar-refractivity contribution < 1.29 is 0 Å². The van der Waals surface area contributed by atoms with E-state index in [1.165, 1.54) is 56.3 Å². The number of nitrogens with zero attached hydrogens (tertiary/aromatic N) is 1. The third-order valence-electron chi connectivity index (χ3n) is 5.62. The fraction of sp³-hybridized carbons (Fsp3) is 0.667. The van der Waals surface area contributed by atoms with Gasteiger partial charge in [-0.25, -0.2) is 0 Å². The van der Waals surface area contributed by atoms with Crippen LogP contribution in [0.3, 0.4) is 0 Å². The number of aryl methyl sites for hydroxylation is 1. The molecule has 1 unspecified atom stereocenters. The molecule has 0 bridgehead atoms. The highest BCUT2D eigenvalue weighted by Gasteiger charge is 2.42. The van der Waals surface area contributed by atoms with Crippen LogP contribution in [0, 0.1) is 5.41 Å². The van der Waals surface area contributed by atoms with Crippen LogP contribution in [-0.4, -0.2) is 24.5 Å². The van der Waals surface area contributed by atoms with Crippen LogP contribution < -0.4 is 5.73 Å². The summed E-state index contributed by atoms with van der Waals surface area (Å²) in [6.07, 6.45) is 6.29. The summed E-state index contributed by atoms with van der Waals surface area (Å²) in [5.41, 5.74) is 9.94. The molecule has 2 nitrogen and oxygen atoms in total. The normalized spacial score (nSPS) is 29.9. The zero-order valence-corrected chi connectivity index (χ0v) is 13.0. The Morgan fingerprint density at radius 2 is 1.80 bits per heavy atom. The van der Waals surface area contributed by atoms with E-state index in [0.29, 0.717) is 5.41 Å². The van der Waals surface area contributed by atoms with Crippen LogP contribution in [0.1, 0.15) is 50.7 Å². The van der Waals surface area contributed by atoms with E-state index in [-0.39, 0.29) is 5.54 Å². The van der Waals surface area contributed by atoms with E-state index >= 15 is 0 Å². The van der Waals surface area contributed by atoms with Gasteiger partial charge in [0.15, 0.2) is 0 Å². The van der Waals surface area contributed by atoms with E-state index in [9.17, 15) is 0 Å². The highest BCUT2D eigenvalue weighted by molar-refractivity contribution is 5.37. The lowest BCUT2D eigenvalue weighted by atomic mass is 9.73. The molecule has 1 atom stereocenters. The van der Waals surface area contributed by atoms with E-state index in [1.807, 2.05) is 0 Å². The van der Waals surface area contributed by atoms with Crippen LogP contribution in [0.5, 0.6) is 0 Å². The summed E-state index contributed by atoms with van der Waals surface area (Å²) in [5.74, 6) is 0. The van der Waals surface area contributed by atoms with Crippen LogP contribution in [0.15, 0.2) is 24.3 Å². The van der Waals surface area contributed by atoms with Crippen molar-refractivity contribution in [2.75, 3.05) is 19.6 Å². The second kappa shape index (κ2) is 5.16. The number of nitrogens with two attached hydrogens (primary N) is 1. The SMILES string of the molecule is CC1(C)CCN(C2(CN)CCCc3ccccc32)CC1. The molecule has 0 amide bonds. The Labute approximate surface area is 123 Å². The van der Waals surface area contributed by atoms with Gasteiger partial charge in [0.2, 0.25) is 0 Å². The summed E-state index contributed by atoms with van der Waals surface area (Å²) in [5, 5.41) is 0. The molecule has 1 aliphatic heterocycles. The first-order chi connectivity index (χ1) is 9.57. The van der Waals surface area contributed by atoms with E-state index in [0.717, 1.165) is 6.54 Å². The molecule has 3 rings (SSSR count). The lowest BCUT2D eigenvalue weighted by Gasteiger charge is -2.51. The average molecular weight is 272 g/mol. The van der Waals surface area contributed by atoms with E-state index < -0.39 is 0 Å². The third-order valence-corrected chi connectivity index (χ3v) is 5.62. The number of piperidine rings is 1. The summed E-state index contributed by atoms with van der Waals surface area (Å²) in [4.78, 5) is 2.69. The summed E-state index contributed by atoms with van der Waals surface area (Å²) < 4.78 is 0. The Bertz CT molecular complexity index is 470. The number of hydrogen-bond donors (Lipinski definition) is 1. The Balaban J connectivity index is 1.93. The summed E-state index contributed by atoms with van der Waals surface area (Å²) in [7, 11) is 0. The van der Waals surface area contributed by atoms with Gasteiger partial charge in [0, 0.05) is 6.54 Å². The van der Waals surface area contributed by atoms with Gasteiger partial charge in [-0.1, -0.05) is 38.1 Å². The second-order valence-electron chi connectivity index (χ2n) is 7.40. The van der Waals surface area contributed by atoms with Crippen LogP contribution in [0.2, 0.25) is 0 Å². The van der Waals surface area contributed by atoms with Gasteiger partial charge in [-0.2, -0.15) is 0 Å². The Hall–Kier alpha value is -0.860. The second-order valence-corrected chi connectivity index (χ2v) is 7.40. The van der Waals surface area contributed by atoms with Gasteiger partial charge >= 0.3 is 0 Å². The molecular weight excluding hydrogens is 244 g/mol. The average Bonchev–Trinajstić information content (AvgIpc) is 2.46. The van der Waals surface area contributed by atoms with Crippen LogP contribution in [-0.2, 0) is 12.0 Å². The molecule has 1 aromatic carbocycles. The fourth-order valence-electron chi connectivity index (χ4n) is 4.11. The van der Waals surface area contributed by atoms with Gasteiger partial charge in [-0.3, -0.25) is 4.90 Å². The minimum atomic E-state index is 0.103. The minimum absolute atomic E-state index is 0.103. The molecule has 0 aromatic heterocycles.